The van der Waals surface area contributed by atoms with Gasteiger partial charge in [0.1, 0.15) is 6.29 Å². The number of aliphatic hydroxyl groups excluding tert-OH is 1. The fourth-order valence-electron chi connectivity index (χ4n) is 1.78. The summed E-state index contributed by atoms with van der Waals surface area (Å²) in [6.07, 6.45) is 3.54. The van der Waals surface area contributed by atoms with E-state index in [0.717, 1.165) is 11.9 Å². The third-order valence-corrected chi connectivity index (χ3v) is 2.30. The zero-order valence-corrected chi connectivity index (χ0v) is 6.06. The molecule has 0 aromatic carbocycles. The minimum Gasteiger partial charge on any atom is -0.368 e. The van der Waals surface area contributed by atoms with Crippen LogP contribution in [0.4, 0.5) is 0 Å². The first kappa shape index (κ1) is 7.00. The van der Waals surface area contributed by atoms with Crippen LogP contribution in [0.5, 0.6) is 0 Å². The van der Waals surface area contributed by atoms with Crippen LogP contribution in [-0.2, 0) is 9.53 Å². The maximum Gasteiger partial charge on any atom is 0.155 e. The van der Waals surface area contributed by atoms with Crippen molar-refractivity contribution in [3.63, 3.8) is 0 Å². The average Bonchev–Trinajstić information content (AvgIpc) is 2.43. The van der Waals surface area contributed by atoms with E-state index in [9.17, 15) is 4.79 Å². The summed E-state index contributed by atoms with van der Waals surface area (Å²) in [6, 6.07) is 0. The lowest BCUT2D eigenvalue weighted by Gasteiger charge is -2.06. The highest BCUT2D eigenvalue weighted by Gasteiger charge is 2.37. The van der Waals surface area contributed by atoms with Crippen LogP contribution in [0, 0.1) is 5.92 Å². The summed E-state index contributed by atoms with van der Waals surface area (Å²) in [5.41, 5.74) is 0.812. The molecule has 0 spiro atoms. The van der Waals surface area contributed by atoms with Gasteiger partial charge in [0.15, 0.2) is 6.29 Å². The second kappa shape index (κ2) is 2.43. The smallest absolute Gasteiger partial charge is 0.155 e. The highest BCUT2D eigenvalue weighted by molar-refractivity contribution is 5.74. The van der Waals surface area contributed by atoms with Gasteiger partial charge in [0.25, 0.3) is 0 Å². The van der Waals surface area contributed by atoms with Gasteiger partial charge in [0, 0.05) is 18.8 Å². The predicted octanol–water partition coefficient (Wildman–Crippen LogP) is 0.239. The van der Waals surface area contributed by atoms with E-state index in [-0.39, 0.29) is 12.0 Å². The number of rotatable bonds is 1. The summed E-state index contributed by atoms with van der Waals surface area (Å²) >= 11 is 0. The first-order valence-corrected chi connectivity index (χ1v) is 3.79. The van der Waals surface area contributed by atoms with Crippen LogP contribution in [0.15, 0.2) is 11.6 Å². The molecule has 1 fully saturated rings. The summed E-state index contributed by atoms with van der Waals surface area (Å²) in [5.74, 6) is 0.269. The van der Waals surface area contributed by atoms with Gasteiger partial charge in [0.05, 0.1) is 6.10 Å². The second-order valence-electron chi connectivity index (χ2n) is 3.09. The van der Waals surface area contributed by atoms with Crippen molar-refractivity contribution in [2.24, 2.45) is 5.92 Å². The Kier molecular flexibility index (Phi) is 1.55. The Balaban J connectivity index is 2.09. The van der Waals surface area contributed by atoms with Gasteiger partial charge in [-0.25, -0.2) is 0 Å². The SMILES string of the molecule is O=CC1=CC2CC(O)OC2C1. The minimum atomic E-state index is -0.616. The number of ether oxygens (including phenoxy) is 1. The van der Waals surface area contributed by atoms with Gasteiger partial charge < -0.3 is 9.84 Å². The zero-order chi connectivity index (χ0) is 7.84. The quantitative estimate of drug-likeness (QED) is 0.550. The number of aldehydes is 1. The van der Waals surface area contributed by atoms with Crippen LogP contribution in [0.25, 0.3) is 0 Å². The standard InChI is InChI=1S/C8H10O3/c9-4-5-1-6-3-8(10)11-7(6)2-5/h1,4,6-8,10H,2-3H2. The highest BCUT2D eigenvalue weighted by Crippen LogP contribution is 2.36. The van der Waals surface area contributed by atoms with Crippen LogP contribution in [0.1, 0.15) is 12.8 Å². The van der Waals surface area contributed by atoms with Gasteiger partial charge in [-0.05, 0) is 5.57 Å². The Labute approximate surface area is 64.7 Å². The van der Waals surface area contributed by atoms with Crippen molar-refractivity contribution < 1.29 is 14.6 Å². The fraction of sp³-hybridized carbons (Fsp3) is 0.625. The lowest BCUT2D eigenvalue weighted by Crippen LogP contribution is -2.10. The first-order chi connectivity index (χ1) is 5.29. The number of fused-ring (bicyclic) bond motifs is 1. The molecule has 1 N–H and O–H groups in total. The molecule has 3 heteroatoms. The Morgan fingerprint density at radius 3 is 3.18 bits per heavy atom. The molecule has 0 aromatic rings. The van der Waals surface area contributed by atoms with Crippen molar-refractivity contribution >= 4 is 6.29 Å². The monoisotopic (exact) mass is 154 g/mol. The van der Waals surface area contributed by atoms with Crippen LogP contribution >= 0.6 is 0 Å². The zero-order valence-electron chi connectivity index (χ0n) is 6.06. The molecule has 0 radical (unpaired) electrons. The Bertz CT molecular complexity index is 209. The molecule has 1 heterocycles. The lowest BCUT2D eigenvalue weighted by molar-refractivity contribution is -0.106. The molecule has 3 nitrogen and oxygen atoms in total. The Morgan fingerprint density at radius 1 is 1.73 bits per heavy atom. The molecular formula is C8H10O3. The Hall–Kier alpha value is -0.670. The van der Waals surface area contributed by atoms with E-state index >= 15 is 0 Å². The molecule has 1 aliphatic heterocycles. The average molecular weight is 154 g/mol. The molecule has 2 aliphatic rings. The molecule has 0 amide bonds. The summed E-state index contributed by atoms with van der Waals surface area (Å²) in [4.78, 5) is 10.3. The molecule has 3 unspecified atom stereocenters. The molecule has 0 aromatic heterocycles. The Morgan fingerprint density at radius 2 is 2.55 bits per heavy atom. The molecule has 2 rings (SSSR count). The fourth-order valence-corrected chi connectivity index (χ4v) is 1.78. The molecule has 0 saturated carbocycles. The van der Waals surface area contributed by atoms with E-state index in [0.29, 0.717) is 12.8 Å². The van der Waals surface area contributed by atoms with Crippen molar-refractivity contribution in [1.29, 1.82) is 0 Å². The van der Waals surface area contributed by atoms with Gasteiger partial charge in [-0.15, -0.1) is 0 Å². The van der Waals surface area contributed by atoms with Crippen molar-refractivity contribution in [1.82, 2.24) is 0 Å². The maximum absolute atomic E-state index is 10.3. The molecule has 3 atom stereocenters. The molecule has 1 aliphatic carbocycles. The number of hydrogen-bond donors (Lipinski definition) is 1. The van der Waals surface area contributed by atoms with Gasteiger partial charge >= 0.3 is 0 Å². The van der Waals surface area contributed by atoms with Crippen molar-refractivity contribution in [2.45, 2.75) is 25.2 Å². The van der Waals surface area contributed by atoms with Crippen molar-refractivity contribution in [3.05, 3.63) is 11.6 Å². The highest BCUT2D eigenvalue weighted by atomic mass is 16.6. The van der Waals surface area contributed by atoms with Gasteiger partial charge in [-0.1, -0.05) is 6.08 Å². The van der Waals surface area contributed by atoms with E-state index in [2.05, 4.69) is 0 Å². The third kappa shape index (κ3) is 1.10. The second-order valence-corrected chi connectivity index (χ2v) is 3.09. The number of carbonyl (C=O) groups is 1. The molecule has 1 saturated heterocycles. The molecule has 0 bridgehead atoms. The van der Waals surface area contributed by atoms with E-state index in [1.807, 2.05) is 6.08 Å². The van der Waals surface area contributed by atoms with Crippen molar-refractivity contribution in [2.75, 3.05) is 0 Å². The minimum absolute atomic E-state index is 0.0604. The van der Waals surface area contributed by atoms with E-state index in [1.165, 1.54) is 0 Å². The molecule has 11 heavy (non-hydrogen) atoms. The predicted molar refractivity (Wildman–Crippen MR) is 37.8 cm³/mol. The summed E-state index contributed by atoms with van der Waals surface area (Å²) in [7, 11) is 0. The number of hydrogen-bond acceptors (Lipinski definition) is 3. The van der Waals surface area contributed by atoms with Crippen LogP contribution in [0.3, 0.4) is 0 Å². The van der Waals surface area contributed by atoms with Gasteiger partial charge in [-0.3, -0.25) is 4.79 Å². The number of aliphatic hydroxyl groups is 1. The summed E-state index contributed by atoms with van der Waals surface area (Å²) < 4.78 is 5.16. The van der Waals surface area contributed by atoms with Crippen LogP contribution < -0.4 is 0 Å². The van der Waals surface area contributed by atoms with Crippen LogP contribution in [0.2, 0.25) is 0 Å². The van der Waals surface area contributed by atoms with Crippen molar-refractivity contribution in [3.8, 4) is 0 Å². The maximum atomic E-state index is 10.3. The van der Waals surface area contributed by atoms with E-state index < -0.39 is 6.29 Å². The topological polar surface area (TPSA) is 46.5 Å². The third-order valence-electron chi connectivity index (χ3n) is 2.30. The van der Waals surface area contributed by atoms with Gasteiger partial charge in [-0.2, -0.15) is 0 Å². The van der Waals surface area contributed by atoms with Crippen LogP contribution in [-0.4, -0.2) is 23.8 Å². The lowest BCUT2D eigenvalue weighted by atomic mass is 10.1. The summed E-state index contributed by atoms with van der Waals surface area (Å²) in [6.45, 7) is 0. The van der Waals surface area contributed by atoms with E-state index in [4.69, 9.17) is 9.84 Å². The first-order valence-electron chi connectivity index (χ1n) is 3.79. The van der Waals surface area contributed by atoms with Gasteiger partial charge in [0.2, 0.25) is 0 Å². The normalized spacial score (nSPS) is 41.9. The molecule has 60 valence electrons. The molecular weight excluding hydrogens is 144 g/mol. The van der Waals surface area contributed by atoms with E-state index in [1.54, 1.807) is 0 Å². The largest absolute Gasteiger partial charge is 0.368 e. The summed E-state index contributed by atoms with van der Waals surface area (Å²) in [5, 5.41) is 9.05. The number of carbonyl (C=O) groups excluding carboxylic acids is 1.